The Labute approximate surface area is 181 Å². The zero-order chi connectivity index (χ0) is 21.4. The quantitative estimate of drug-likeness (QED) is 0.631. The van der Waals surface area contributed by atoms with Gasteiger partial charge in [-0.3, -0.25) is 4.79 Å². The Morgan fingerprint density at radius 3 is 2.48 bits per heavy atom. The van der Waals surface area contributed by atoms with Crippen molar-refractivity contribution >= 4 is 17.3 Å². The van der Waals surface area contributed by atoms with Crippen molar-refractivity contribution < 1.29 is 13.6 Å². The molecule has 0 radical (unpaired) electrons. The molecule has 31 heavy (non-hydrogen) atoms. The van der Waals surface area contributed by atoms with Crippen LogP contribution in [-0.2, 0) is 13.0 Å². The van der Waals surface area contributed by atoms with Crippen LogP contribution in [0.5, 0.6) is 0 Å². The highest BCUT2D eigenvalue weighted by Gasteiger charge is 2.30. The van der Waals surface area contributed by atoms with Crippen LogP contribution in [0.4, 0.5) is 15.8 Å². The second-order valence-corrected chi connectivity index (χ2v) is 8.30. The fourth-order valence-electron chi connectivity index (χ4n) is 4.71. The summed E-state index contributed by atoms with van der Waals surface area (Å²) in [6.07, 6.45) is 2.60. The third-order valence-electron chi connectivity index (χ3n) is 6.40. The van der Waals surface area contributed by atoms with Crippen molar-refractivity contribution in [2.24, 2.45) is 0 Å². The first-order valence-corrected chi connectivity index (χ1v) is 10.8. The van der Waals surface area contributed by atoms with E-state index in [1.165, 1.54) is 17.3 Å². The largest absolute Gasteiger partial charge is 0.467 e. The molecule has 0 N–H and O–H groups in total. The van der Waals surface area contributed by atoms with Gasteiger partial charge in [0.05, 0.1) is 24.1 Å². The van der Waals surface area contributed by atoms with E-state index in [0.29, 0.717) is 55.8 Å². The van der Waals surface area contributed by atoms with Gasteiger partial charge in [0, 0.05) is 37.9 Å². The van der Waals surface area contributed by atoms with Crippen molar-refractivity contribution in [3.05, 3.63) is 83.6 Å². The molecule has 3 aromatic rings. The van der Waals surface area contributed by atoms with Gasteiger partial charge in [-0.15, -0.1) is 0 Å². The third-order valence-corrected chi connectivity index (χ3v) is 6.40. The Kier molecular flexibility index (Phi) is 5.14. The summed E-state index contributed by atoms with van der Waals surface area (Å²) in [4.78, 5) is 19.4. The number of fused-ring (bicyclic) bond motifs is 1. The van der Waals surface area contributed by atoms with E-state index in [9.17, 15) is 9.18 Å². The standard InChI is InChI=1S/C25H26FN3O2/c1-18-16-19-6-2-4-8-22(19)29(18)17-24-20(10-15-31-24)25(30)28-13-11-27(12-14-28)23-9-5-3-7-21(23)26/h2-10,15,18H,11-14,16-17H2,1H3. The number of piperazine rings is 1. The smallest absolute Gasteiger partial charge is 0.257 e. The molecular weight excluding hydrogens is 393 g/mol. The first-order valence-electron chi connectivity index (χ1n) is 10.8. The average molecular weight is 420 g/mol. The number of rotatable bonds is 4. The van der Waals surface area contributed by atoms with E-state index in [1.54, 1.807) is 24.5 Å². The van der Waals surface area contributed by atoms with Crippen LogP contribution in [0.1, 0.15) is 28.6 Å². The molecule has 160 valence electrons. The predicted molar refractivity (Wildman–Crippen MR) is 119 cm³/mol. The van der Waals surface area contributed by atoms with Gasteiger partial charge in [0.15, 0.2) is 0 Å². The highest BCUT2D eigenvalue weighted by atomic mass is 19.1. The maximum Gasteiger partial charge on any atom is 0.257 e. The van der Waals surface area contributed by atoms with Gasteiger partial charge in [-0.2, -0.15) is 0 Å². The minimum Gasteiger partial charge on any atom is -0.467 e. The van der Waals surface area contributed by atoms with Crippen LogP contribution in [0.2, 0.25) is 0 Å². The van der Waals surface area contributed by atoms with Crippen molar-refractivity contribution in [3.63, 3.8) is 0 Å². The fourth-order valence-corrected chi connectivity index (χ4v) is 4.71. The molecule has 0 saturated carbocycles. The van der Waals surface area contributed by atoms with Crippen molar-refractivity contribution in [1.82, 2.24) is 4.90 Å². The van der Waals surface area contributed by atoms with Crippen molar-refractivity contribution in [1.29, 1.82) is 0 Å². The van der Waals surface area contributed by atoms with E-state index >= 15 is 0 Å². The van der Waals surface area contributed by atoms with Gasteiger partial charge in [0.25, 0.3) is 5.91 Å². The summed E-state index contributed by atoms with van der Waals surface area (Å²) in [6, 6.07) is 17.3. The number of anilines is 2. The summed E-state index contributed by atoms with van der Waals surface area (Å²) in [5.74, 6) is 0.460. The zero-order valence-corrected chi connectivity index (χ0v) is 17.6. The van der Waals surface area contributed by atoms with Gasteiger partial charge in [-0.1, -0.05) is 30.3 Å². The van der Waals surface area contributed by atoms with Crippen molar-refractivity contribution in [2.75, 3.05) is 36.0 Å². The molecule has 0 aliphatic carbocycles. The lowest BCUT2D eigenvalue weighted by atomic mass is 10.1. The monoisotopic (exact) mass is 419 g/mol. The Balaban J connectivity index is 1.28. The molecule has 2 aliphatic heterocycles. The lowest BCUT2D eigenvalue weighted by Crippen LogP contribution is -2.49. The second kappa shape index (κ2) is 8.10. The highest BCUT2D eigenvalue weighted by molar-refractivity contribution is 5.95. The van der Waals surface area contributed by atoms with Crippen LogP contribution in [-0.4, -0.2) is 43.0 Å². The van der Waals surface area contributed by atoms with E-state index in [0.717, 1.165) is 6.42 Å². The van der Waals surface area contributed by atoms with Gasteiger partial charge in [0.1, 0.15) is 11.6 Å². The van der Waals surface area contributed by atoms with Crippen LogP contribution >= 0.6 is 0 Å². The number of halogens is 1. The van der Waals surface area contributed by atoms with Crippen LogP contribution in [0.3, 0.4) is 0 Å². The van der Waals surface area contributed by atoms with Crippen LogP contribution < -0.4 is 9.80 Å². The van der Waals surface area contributed by atoms with Crippen LogP contribution in [0, 0.1) is 5.82 Å². The van der Waals surface area contributed by atoms with Crippen LogP contribution in [0.15, 0.2) is 65.3 Å². The molecule has 2 aromatic carbocycles. The highest BCUT2D eigenvalue weighted by Crippen LogP contribution is 2.34. The molecule has 1 aromatic heterocycles. The number of hydrogen-bond donors (Lipinski definition) is 0. The fraction of sp³-hybridized carbons (Fsp3) is 0.320. The molecule has 0 spiro atoms. The number of carbonyl (C=O) groups excluding carboxylic acids is 1. The summed E-state index contributed by atoms with van der Waals surface area (Å²) in [6.45, 7) is 5.10. The molecule has 1 amide bonds. The average Bonchev–Trinajstić information content (AvgIpc) is 3.38. The summed E-state index contributed by atoms with van der Waals surface area (Å²) in [5, 5.41) is 0. The van der Waals surface area contributed by atoms with Gasteiger partial charge < -0.3 is 19.1 Å². The van der Waals surface area contributed by atoms with Gasteiger partial charge in [-0.05, 0) is 43.2 Å². The van der Waals surface area contributed by atoms with Crippen LogP contribution in [0.25, 0.3) is 0 Å². The number of para-hydroxylation sites is 2. The molecule has 3 heterocycles. The first kappa shape index (κ1) is 19.7. The minimum atomic E-state index is -0.223. The van der Waals surface area contributed by atoms with E-state index in [-0.39, 0.29) is 11.7 Å². The van der Waals surface area contributed by atoms with Crippen molar-refractivity contribution in [2.45, 2.75) is 25.9 Å². The number of carbonyl (C=O) groups is 1. The molecule has 6 heteroatoms. The van der Waals surface area contributed by atoms with Gasteiger partial charge >= 0.3 is 0 Å². The molecule has 1 saturated heterocycles. The number of furan rings is 1. The maximum atomic E-state index is 14.1. The van der Waals surface area contributed by atoms with E-state index in [1.807, 2.05) is 21.9 Å². The third kappa shape index (κ3) is 3.67. The molecule has 2 aliphatic rings. The Morgan fingerprint density at radius 1 is 1.00 bits per heavy atom. The van der Waals surface area contributed by atoms with E-state index < -0.39 is 0 Å². The summed E-state index contributed by atoms with van der Waals surface area (Å²) in [5.41, 5.74) is 3.76. The Bertz CT molecular complexity index is 1090. The minimum absolute atomic E-state index is 0.0166. The predicted octanol–water partition coefficient (Wildman–Crippen LogP) is 4.33. The number of amides is 1. The summed E-state index contributed by atoms with van der Waals surface area (Å²) in [7, 11) is 0. The van der Waals surface area contributed by atoms with E-state index in [4.69, 9.17) is 4.42 Å². The Hall–Kier alpha value is -3.28. The Morgan fingerprint density at radius 2 is 1.71 bits per heavy atom. The molecule has 1 fully saturated rings. The molecule has 1 unspecified atom stereocenters. The second-order valence-electron chi connectivity index (χ2n) is 8.30. The lowest BCUT2D eigenvalue weighted by molar-refractivity contribution is 0.0744. The lowest BCUT2D eigenvalue weighted by Gasteiger charge is -2.36. The SMILES string of the molecule is CC1Cc2ccccc2N1Cc1occc1C(=O)N1CCN(c2ccccc2F)CC1. The number of hydrogen-bond acceptors (Lipinski definition) is 4. The first-order chi connectivity index (χ1) is 15.1. The summed E-state index contributed by atoms with van der Waals surface area (Å²) >= 11 is 0. The van der Waals surface area contributed by atoms with E-state index in [2.05, 4.69) is 30.0 Å². The topological polar surface area (TPSA) is 39.9 Å². The maximum absolute atomic E-state index is 14.1. The van der Waals surface area contributed by atoms with Crippen molar-refractivity contribution in [3.8, 4) is 0 Å². The molecule has 5 nitrogen and oxygen atoms in total. The molecule has 5 rings (SSSR count). The number of benzene rings is 2. The van der Waals surface area contributed by atoms with Gasteiger partial charge in [0.2, 0.25) is 0 Å². The summed E-state index contributed by atoms with van der Waals surface area (Å²) < 4.78 is 19.9. The molecule has 0 bridgehead atoms. The number of nitrogens with zero attached hydrogens (tertiary/aromatic N) is 3. The normalized spacial score (nSPS) is 18.4. The molecular formula is C25H26FN3O2. The molecule has 1 atom stereocenters. The van der Waals surface area contributed by atoms with Gasteiger partial charge in [-0.25, -0.2) is 4.39 Å². The zero-order valence-electron chi connectivity index (χ0n) is 17.6.